The van der Waals surface area contributed by atoms with E-state index in [-0.39, 0.29) is 120 Å². The average molecular weight is 1810 g/mol. The lowest BCUT2D eigenvalue weighted by Crippen LogP contribution is -2.62. The van der Waals surface area contributed by atoms with Crippen LogP contribution in [-0.2, 0) is 101 Å². The lowest BCUT2D eigenvalue weighted by Gasteiger charge is -2.36. The first-order valence-corrected chi connectivity index (χ1v) is 45.6. The third-order valence-electron chi connectivity index (χ3n) is 24.2. The van der Waals surface area contributed by atoms with Gasteiger partial charge in [0.1, 0.15) is 89.8 Å². The highest BCUT2D eigenvalue weighted by Crippen LogP contribution is 2.37. The number of likely N-dealkylation sites (N-methyl/N-ethyl adjacent to an activating group) is 3. The molecule has 4 aliphatic rings. The molecule has 1 spiro atoms. The number of aromatic nitrogens is 2. The molecule has 702 valence electrons. The first-order chi connectivity index (χ1) is 61.3. The number of phenolic OH excluding ortho intramolecular Hbond substituents is 1. The highest BCUT2D eigenvalue weighted by atomic mass is 32.2. The van der Waals surface area contributed by atoms with Crippen LogP contribution < -0.4 is 64.6 Å². The molecule has 2 aromatic heterocycles. The van der Waals surface area contributed by atoms with Crippen LogP contribution in [0.4, 0.5) is 0 Å². The summed E-state index contributed by atoms with van der Waals surface area (Å²) in [5, 5.41) is 50.3. The van der Waals surface area contributed by atoms with E-state index in [1.54, 1.807) is 65.2 Å². The molecule has 4 fully saturated rings. The van der Waals surface area contributed by atoms with Crippen molar-refractivity contribution in [2.24, 2.45) is 23.3 Å². The van der Waals surface area contributed by atoms with Gasteiger partial charge in [0.15, 0.2) is 0 Å². The monoisotopic (exact) mass is 1810 g/mol. The maximum absolute atomic E-state index is 15.8. The van der Waals surface area contributed by atoms with Crippen LogP contribution in [0.5, 0.6) is 5.75 Å². The minimum absolute atomic E-state index is 0.0173. The number of aromatic hydroxyl groups is 1. The summed E-state index contributed by atoms with van der Waals surface area (Å²) >= 11 is 0.812. The van der Waals surface area contributed by atoms with Gasteiger partial charge in [-0.3, -0.25) is 81.5 Å². The maximum Gasteiger partial charge on any atom is 0.246 e. The summed E-state index contributed by atoms with van der Waals surface area (Å²) in [6, 6.07) is 1.53. The predicted molar refractivity (Wildman–Crippen MR) is 479 cm³/mol. The Morgan fingerprint density at radius 3 is 1.66 bits per heavy atom. The van der Waals surface area contributed by atoms with Gasteiger partial charge >= 0.3 is 0 Å². The number of H-pyrrole nitrogens is 2. The van der Waals surface area contributed by atoms with Crippen molar-refractivity contribution in [1.29, 1.82) is 0 Å². The number of unbranched alkanes of at least 4 members (excludes halogenated alkanes) is 2. The van der Waals surface area contributed by atoms with Crippen LogP contribution in [0.1, 0.15) is 168 Å². The number of primary amides is 2. The minimum Gasteiger partial charge on any atom is -0.508 e. The molecule has 18 N–H and O–H groups in total. The van der Waals surface area contributed by atoms with Crippen LogP contribution >= 0.6 is 11.8 Å². The number of nitrogens with two attached hydrogens (primary N) is 2. The number of carbonyl (C=O) groups is 17. The standard InChI is InChI=1S/C90H127N19O19S/c1-12-15-26-69-81(120)98-62(36-49(4)5)79(118)102-68(77(116)95-45-74(92)113)47-129-48-75(114)96-65(38-52-29-31-55(110)32-30-52)84(123)105(9)51(8)76(115)100-67(42-73(91)112)86(125)108-35-21-28-70(108)82(121)97-59(14-3)78(117)101-64(37-50(6)7)87(126)109-46-56(111)41-72(109)83(122)99-63(39-53-43-93-60-24-19-17-22-57(53)60)80(119)104-90(33-34-90)89(128)103-66(40-54-44-94-61-25-20-18-23-58(54)61)85(124)107(11)71(27-16-13-2)88(127)106(69)10/h17-20,22-25,29-32,43-44,49-51,56,59,62-72,93-94,110-111H,12-16,21,26-28,33-42,45-48H2,1-11H3,(H2,91,112)(H2,92,113)(H,95,116)(H,96,114)(H,97,121)(H,98,120)(H,99,122)(H,100,115)(H,101,117)(H,102,118)(H,103,128)(H,104,119)/t51-,56+,59-,62-,63?,64-,65-,66-,67-,68-,69-,70-,71-,72-/m0/s1. The molecule has 38 nitrogen and oxygen atoms in total. The number of amides is 17. The van der Waals surface area contributed by atoms with Crippen molar-refractivity contribution < 1.29 is 91.7 Å². The largest absolute Gasteiger partial charge is 0.508 e. The first kappa shape index (κ1) is 101. The fourth-order valence-electron chi connectivity index (χ4n) is 16.6. The Balaban J connectivity index is 1.08. The summed E-state index contributed by atoms with van der Waals surface area (Å²) in [6.07, 6.45) is 2.71. The number of thioether (sulfide) groups is 1. The topological polar surface area (TPSA) is 551 Å². The molecule has 0 bridgehead atoms. The van der Waals surface area contributed by atoms with Gasteiger partial charge in [-0.25, -0.2) is 0 Å². The second-order valence-corrected chi connectivity index (χ2v) is 36.1. The van der Waals surface area contributed by atoms with Gasteiger partial charge in [-0.2, -0.15) is 0 Å². The number of aromatic amines is 2. The summed E-state index contributed by atoms with van der Waals surface area (Å²) in [4.78, 5) is 261. The number of hydrogen-bond donors (Lipinski definition) is 16. The number of rotatable bonds is 22. The van der Waals surface area contributed by atoms with E-state index in [0.717, 1.165) is 26.5 Å². The molecule has 1 unspecified atom stereocenters. The highest BCUT2D eigenvalue weighted by molar-refractivity contribution is 8.00. The van der Waals surface area contributed by atoms with Gasteiger partial charge in [-0.05, 0) is 118 Å². The van der Waals surface area contributed by atoms with Crippen molar-refractivity contribution in [2.45, 2.75) is 261 Å². The summed E-state index contributed by atoms with van der Waals surface area (Å²) < 4.78 is 0. The minimum atomic E-state index is -1.73. The van der Waals surface area contributed by atoms with Crippen LogP contribution in [0, 0.1) is 11.8 Å². The second-order valence-electron chi connectivity index (χ2n) is 35.0. The number of carbonyl (C=O) groups excluding carboxylic acids is 17. The van der Waals surface area contributed by atoms with E-state index in [4.69, 9.17) is 11.5 Å². The van der Waals surface area contributed by atoms with E-state index in [9.17, 15) is 58.2 Å². The lowest BCUT2D eigenvalue weighted by molar-refractivity contribution is -0.149. The number of benzene rings is 3. The molecular weight excluding hydrogens is 1680 g/mol. The van der Waals surface area contributed by atoms with E-state index in [1.807, 2.05) is 44.2 Å². The van der Waals surface area contributed by atoms with Crippen molar-refractivity contribution in [3.8, 4) is 5.75 Å². The zero-order valence-electron chi connectivity index (χ0n) is 75.2. The molecule has 5 heterocycles. The molecule has 5 aromatic rings. The van der Waals surface area contributed by atoms with Crippen molar-refractivity contribution in [2.75, 3.05) is 52.3 Å². The molecule has 9 rings (SSSR count). The first-order valence-electron chi connectivity index (χ1n) is 44.4. The van der Waals surface area contributed by atoms with Crippen LogP contribution in [0.3, 0.4) is 0 Å². The van der Waals surface area contributed by atoms with Crippen LogP contribution in [0.15, 0.2) is 85.2 Å². The Bertz CT molecular complexity index is 4900. The normalized spacial score (nSPS) is 25.6. The van der Waals surface area contributed by atoms with Crippen LogP contribution in [0.25, 0.3) is 21.8 Å². The molecule has 1 aliphatic carbocycles. The summed E-state index contributed by atoms with van der Waals surface area (Å²) in [5.74, 6) is -16.1. The Labute approximate surface area is 754 Å². The highest BCUT2D eigenvalue weighted by Gasteiger charge is 2.54. The number of phenols is 1. The fourth-order valence-corrected chi connectivity index (χ4v) is 17.5. The fraction of sp³-hybridized carbons (Fsp3) is 0.567. The molecule has 17 amide bonds. The van der Waals surface area contributed by atoms with E-state index in [1.165, 1.54) is 62.1 Å². The zero-order chi connectivity index (χ0) is 94.4. The molecule has 0 radical (unpaired) electrons. The molecule has 3 aromatic carbocycles. The Kier molecular flexibility index (Phi) is 36.0. The number of nitrogens with zero attached hydrogens (tertiary/aromatic N) is 5. The average Bonchev–Trinajstić information content (AvgIpc) is 1.57. The smallest absolute Gasteiger partial charge is 0.246 e. The summed E-state index contributed by atoms with van der Waals surface area (Å²) in [5.41, 5.74) is 12.4. The Hall–Kier alpha value is -12.2. The predicted octanol–water partition coefficient (Wildman–Crippen LogP) is 0.470. The van der Waals surface area contributed by atoms with Crippen LogP contribution in [-0.4, -0.2) is 288 Å². The molecular formula is C90H127N19O19S. The quantitative estimate of drug-likeness (QED) is 0.0448. The Morgan fingerprint density at radius 1 is 0.543 bits per heavy atom. The number of nitrogens with one attached hydrogen (secondary N) is 12. The number of aliphatic hydroxyl groups excluding tert-OH is 1. The van der Waals surface area contributed by atoms with Gasteiger partial charge in [0.05, 0.1) is 24.8 Å². The van der Waals surface area contributed by atoms with Gasteiger partial charge in [-0.1, -0.05) is 123 Å². The van der Waals surface area contributed by atoms with E-state index < -0.39 is 209 Å². The van der Waals surface area contributed by atoms with Gasteiger partial charge < -0.3 is 109 Å². The molecule has 3 saturated heterocycles. The van der Waals surface area contributed by atoms with E-state index in [0.29, 0.717) is 64.2 Å². The second kappa shape index (κ2) is 46.2. The maximum atomic E-state index is 15.8. The van der Waals surface area contributed by atoms with Crippen molar-refractivity contribution in [3.05, 3.63) is 102 Å². The van der Waals surface area contributed by atoms with Crippen LogP contribution in [0.2, 0.25) is 0 Å². The lowest BCUT2D eigenvalue weighted by atomic mass is 9.99. The van der Waals surface area contributed by atoms with Gasteiger partial charge in [0, 0.05) is 99.9 Å². The van der Waals surface area contributed by atoms with Gasteiger partial charge in [-0.15, -0.1) is 11.8 Å². The van der Waals surface area contributed by atoms with Crippen molar-refractivity contribution in [1.82, 2.24) is 87.6 Å². The SMILES string of the molecule is CCCC[C@H]1C(=O)N(C)[C@@H](CCCC)C(=O)N[C@@H](CC(C)C)C(=O)N[C@H](C(=O)NCC(N)=O)CSCC(=O)N[C@@H](Cc2ccc(O)cc2)C(=O)N(C)[C@@H](C)C(=O)N[C@@H](CC(N)=O)C(=O)N2CCC[C@H]2C(=O)N[C@@H](CC)C(=O)N[C@@H](CC(C)C)C(=O)N2C[C@H](O)C[C@H]2C(=O)NC(Cc2c[nH]c3ccccc23)C(=O)NC2(CC2)C(=O)N[C@@H](Cc2c[nH]c3ccccc23)C(=O)N1C. The molecule has 14 atom stereocenters. The molecule has 3 aliphatic heterocycles. The van der Waals surface area contributed by atoms with Crippen molar-refractivity contribution in [3.63, 3.8) is 0 Å². The van der Waals surface area contributed by atoms with Gasteiger partial charge in [0.25, 0.3) is 0 Å². The number of fused-ring (bicyclic) bond motifs is 4. The molecule has 129 heavy (non-hydrogen) atoms. The Morgan fingerprint density at radius 2 is 1.07 bits per heavy atom. The zero-order valence-corrected chi connectivity index (χ0v) is 76.0. The molecule has 1 saturated carbocycles. The summed E-state index contributed by atoms with van der Waals surface area (Å²) in [6.45, 7) is 12.6. The third-order valence-corrected chi connectivity index (χ3v) is 25.2. The summed E-state index contributed by atoms with van der Waals surface area (Å²) in [7, 11) is 4.08. The number of para-hydroxylation sites is 2. The number of hydrogen-bond acceptors (Lipinski definition) is 20. The van der Waals surface area contributed by atoms with Gasteiger partial charge in [0.2, 0.25) is 100 Å². The molecule has 39 heteroatoms. The van der Waals surface area contributed by atoms with E-state index >= 15 is 33.6 Å². The van der Waals surface area contributed by atoms with E-state index in [2.05, 4.69) is 63.1 Å². The van der Waals surface area contributed by atoms with Crippen molar-refractivity contribution >= 4 is 134 Å². The number of aliphatic hydroxyl groups is 1. The third kappa shape index (κ3) is 26.8.